The molecule has 0 aromatic heterocycles. The fourth-order valence-electron chi connectivity index (χ4n) is 1.76. The normalized spacial score (nSPS) is 15.1. The zero-order chi connectivity index (χ0) is 11.0. The number of fused-ring (bicyclic) bond motifs is 1. The molecule has 0 aliphatic carbocycles. The van der Waals surface area contributed by atoms with Crippen LogP contribution in [0.4, 0.5) is 10.1 Å². The van der Waals surface area contributed by atoms with E-state index in [4.69, 9.17) is 0 Å². The van der Waals surface area contributed by atoms with E-state index in [-0.39, 0.29) is 18.1 Å². The molecular weight excluding hydrogens is 197 g/mol. The molecule has 2 rings (SSSR count). The Balaban J connectivity index is 2.55. The summed E-state index contributed by atoms with van der Waals surface area (Å²) in [4.78, 5) is 24.3. The molecule has 0 fully saturated rings. The number of Topliss-reactive ketones (excluding diaryl/α,β-unsaturated/α-hetero) is 1. The van der Waals surface area contributed by atoms with E-state index in [2.05, 4.69) is 0 Å². The minimum atomic E-state index is -0.451. The quantitative estimate of drug-likeness (QED) is 0.650. The standard InChI is InChI=1S/C11H10FNO2/c1-7(14)13-5-4-11(15)9-6-8(12)2-3-10(9)13/h2-3,6H,4-5H2,1H3. The van der Waals surface area contributed by atoms with Gasteiger partial charge in [-0.3, -0.25) is 9.59 Å². The molecule has 1 aromatic carbocycles. The van der Waals surface area contributed by atoms with Gasteiger partial charge in [0.25, 0.3) is 0 Å². The first kappa shape index (κ1) is 9.83. The van der Waals surface area contributed by atoms with E-state index in [1.807, 2.05) is 0 Å². The molecule has 0 saturated carbocycles. The summed E-state index contributed by atoms with van der Waals surface area (Å²) in [7, 11) is 0. The number of carbonyl (C=O) groups is 2. The Hall–Kier alpha value is -1.71. The van der Waals surface area contributed by atoms with Crippen LogP contribution in [0.3, 0.4) is 0 Å². The molecule has 1 aliphatic heterocycles. The van der Waals surface area contributed by atoms with Crippen LogP contribution in [0.15, 0.2) is 18.2 Å². The van der Waals surface area contributed by atoms with Gasteiger partial charge in [-0.15, -0.1) is 0 Å². The van der Waals surface area contributed by atoms with Crippen molar-refractivity contribution in [2.75, 3.05) is 11.4 Å². The van der Waals surface area contributed by atoms with Crippen molar-refractivity contribution < 1.29 is 14.0 Å². The van der Waals surface area contributed by atoms with Gasteiger partial charge in [0.1, 0.15) is 5.82 Å². The van der Waals surface area contributed by atoms with Crippen molar-refractivity contribution >= 4 is 17.4 Å². The van der Waals surface area contributed by atoms with Crippen LogP contribution in [0, 0.1) is 5.82 Å². The predicted octanol–water partition coefficient (Wildman–Crippen LogP) is 1.76. The van der Waals surface area contributed by atoms with E-state index in [9.17, 15) is 14.0 Å². The van der Waals surface area contributed by atoms with Crippen molar-refractivity contribution in [1.29, 1.82) is 0 Å². The van der Waals surface area contributed by atoms with Crippen LogP contribution in [0.2, 0.25) is 0 Å². The summed E-state index contributed by atoms with van der Waals surface area (Å²) < 4.78 is 12.9. The van der Waals surface area contributed by atoms with Gasteiger partial charge < -0.3 is 4.90 Å². The predicted molar refractivity (Wildman–Crippen MR) is 53.4 cm³/mol. The van der Waals surface area contributed by atoms with E-state index in [1.54, 1.807) is 0 Å². The fraction of sp³-hybridized carbons (Fsp3) is 0.273. The summed E-state index contributed by atoms with van der Waals surface area (Å²) >= 11 is 0. The number of carbonyl (C=O) groups excluding carboxylic acids is 2. The number of halogens is 1. The number of amides is 1. The second-order valence-electron chi connectivity index (χ2n) is 3.51. The Morgan fingerprint density at radius 1 is 1.47 bits per heavy atom. The molecule has 15 heavy (non-hydrogen) atoms. The molecule has 0 unspecified atom stereocenters. The highest BCUT2D eigenvalue weighted by Crippen LogP contribution is 2.27. The number of anilines is 1. The van der Waals surface area contributed by atoms with Crippen LogP contribution in [-0.2, 0) is 4.79 Å². The first-order chi connectivity index (χ1) is 7.09. The van der Waals surface area contributed by atoms with Gasteiger partial charge in [0, 0.05) is 25.5 Å². The molecule has 0 spiro atoms. The van der Waals surface area contributed by atoms with Gasteiger partial charge in [-0.1, -0.05) is 0 Å². The first-order valence-electron chi connectivity index (χ1n) is 4.70. The van der Waals surface area contributed by atoms with Crippen LogP contribution in [0.1, 0.15) is 23.7 Å². The van der Waals surface area contributed by atoms with Crippen molar-refractivity contribution in [3.05, 3.63) is 29.6 Å². The maximum atomic E-state index is 12.9. The summed E-state index contributed by atoms with van der Waals surface area (Å²) in [5.74, 6) is -0.690. The first-order valence-corrected chi connectivity index (χ1v) is 4.70. The van der Waals surface area contributed by atoms with E-state index in [0.717, 1.165) is 0 Å². The van der Waals surface area contributed by atoms with E-state index in [0.29, 0.717) is 17.8 Å². The molecular formula is C11H10FNO2. The molecule has 1 amide bonds. The SMILES string of the molecule is CC(=O)N1CCC(=O)c2cc(F)ccc21. The van der Waals surface area contributed by atoms with Gasteiger partial charge in [0.2, 0.25) is 5.91 Å². The van der Waals surface area contributed by atoms with E-state index in [1.165, 1.54) is 30.0 Å². The zero-order valence-corrected chi connectivity index (χ0v) is 8.29. The third kappa shape index (κ3) is 1.63. The Morgan fingerprint density at radius 2 is 2.20 bits per heavy atom. The second kappa shape index (κ2) is 3.46. The zero-order valence-electron chi connectivity index (χ0n) is 8.29. The molecule has 4 heteroatoms. The third-order valence-corrected chi connectivity index (χ3v) is 2.49. The highest BCUT2D eigenvalue weighted by atomic mass is 19.1. The molecule has 3 nitrogen and oxygen atoms in total. The summed E-state index contributed by atoms with van der Waals surface area (Å²) in [5, 5.41) is 0. The molecule has 0 bridgehead atoms. The Morgan fingerprint density at radius 3 is 2.87 bits per heavy atom. The lowest BCUT2D eigenvalue weighted by atomic mass is 10.0. The van der Waals surface area contributed by atoms with Gasteiger partial charge in [0.15, 0.2) is 5.78 Å². The van der Waals surface area contributed by atoms with Crippen molar-refractivity contribution in [2.45, 2.75) is 13.3 Å². The summed E-state index contributed by atoms with van der Waals surface area (Å²) in [5.41, 5.74) is 0.816. The minimum Gasteiger partial charge on any atom is -0.311 e. The van der Waals surface area contributed by atoms with Crippen LogP contribution < -0.4 is 4.90 Å². The number of hydrogen-bond acceptors (Lipinski definition) is 2. The molecule has 0 N–H and O–H groups in total. The Bertz CT molecular complexity index is 442. The van der Waals surface area contributed by atoms with Crippen LogP contribution >= 0.6 is 0 Å². The van der Waals surface area contributed by atoms with Crippen molar-refractivity contribution in [3.8, 4) is 0 Å². The Kier molecular flexibility index (Phi) is 2.26. The average molecular weight is 207 g/mol. The average Bonchev–Trinajstić information content (AvgIpc) is 2.19. The monoisotopic (exact) mass is 207 g/mol. The highest BCUT2D eigenvalue weighted by molar-refractivity contribution is 6.08. The van der Waals surface area contributed by atoms with Crippen LogP contribution in [0.5, 0.6) is 0 Å². The van der Waals surface area contributed by atoms with Crippen molar-refractivity contribution in [2.24, 2.45) is 0 Å². The highest BCUT2D eigenvalue weighted by Gasteiger charge is 2.25. The number of hydrogen-bond donors (Lipinski definition) is 0. The number of nitrogens with zero attached hydrogens (tertiary/aromatic N) is 1. The van der Waals surface area contributed by atoms with Gasteiger partial charge in [-0.05, 0) is 18.2 Å². The lowest BCUT2D eigenvalue weighted by molar-refractivity contribution is -0.116. The molecule has 1 aromatic rings. The topological polar surface area (TPSA) is 37.4 Å². The third-order valence-electron chi connectivity index (χ3n) is 2.49. The number of benzene rings is 1. The van der Waals surface area contributed by atoms with Gasteiger partial charge in [0.05, 0.1) is 5.69 Å². The van der Waals surface area contributed by atoms with Crippen molar-refractivity contribution in [3.63, 3.8) is 0 Å². The lowest BCUT2D eigenvalue weighted by Gasteiger charge is -2.27. The van der Waals surface area contributed by atoms with Gasteiger partial charge in [-0.25, -0.2) is 4.39 Å². The van der Waals surface area contributed by atoms with Crippen molar-refractivity contribution in [1.82, 2.24) is 0 Å². The lowest BCUT2D eigenvalue weighted by Crippen LogP contribution is -2.35. The van der Waals surface area contributed by atoms with Crippen LogP contribution in [-0.4, -0.2) is 18.2 Å². The van der Waals surface area contributed by atoms with Gasteiger partial charge >= 0.3 is 0 Å². The summed E-state index contributed by atoms with van der Waals surface area (Å²) in [6.07, 6.45) is 0.260. The second-order valence-corrected chi connectivity index (χ2v) is 3.51. The maximum Gasteiger partial charge on any atom is 0.223 e. The van der Waals surface area contributed by atoms with Crippen LogP contribution in [0.25, 0.3) is 0 Å². The molecule has 0 radical (unpaired) electrons. The minimum absolute atomic E-state index is 0.109. The fourth-order valence-corrected chi connectivity index (χ4v) is 1.76. The maximum absolute atomic E-state index is 12.9. The molecule has 78 valence electrons. The largest absolute Gasteiger partial charge is 0.311 e. The molecule has 0 atom stereocenters. The molecule has 1 heterocycles. The summed E-state index contributed by atoms with van der Waals surface area (Å²) in [6.45, 7) is 1.82. The smallest absolute Gasteiger partial charge is 0.223 e. The van der Waals surface area contributed by atoms with Gasteiger partial charge in [-0.2, -0.15) is 0 Å². The molecule has 0 saturated heterocycles. The molecule has 1 aliphatic rings. The van der Waals surface area contributed by atoms with E-state index < -0.39 is 5.82 Å². The summed E-state index contributed by atoms with van der Waals surface area (Å²) in [6, 6.07) is 3.92. The number of ketones is 1. The van der Waals surface area contributed by atoms with E-state index >= 15 is 0 Å². The Labute approximate surface area is 86.5 Å². The number of rotatable bonds is 0.